The first-order valence-corrected chi connectivity index (χ1v) is 9.34. The molecule has 0 radical (unpaired) electrons. The molecule has 0 spiro atoms. The van der Waals surface area contributed by atoms with Crippen LogP contribution in [-0.4, -0.2) is 27.5 Å². The van der Waals surface area contributed by atoms with Crippen LogP contribution in [0.4, 0.5) is 0 Å². The number of nitrogens with one attached hydrogen (secondary N) is 1. The minimum atomic E-state index is -0.0227. The lowest BCUT2D eigenvalue weighted by atomic mass is 9.87. The monoisotopic (exact) mass is 365 g/mol. The number of fused-ring (bicyclic) bond motifs is 2. The second kappa shape index (κ2) is 6.37. The average Bonchev–Trinajstić information content (AvgIpc) is 3.31. The molecule has 3 aromatic rings. The average molecular weight is 365 g/mol. The summed E-state index contributed by atoms with van der Waals surface area (Å²) in [6.07, 6.45) is 2.37. The SMILES string of the molecule is S=c1[nH]nc(C2c3ccccc3Oc3ccccc32)n1CC1CCCO1. The minimum Gasteiger partial charge on any atom is -0.457 e. The number of benzene rings is 2. The van der Waals surface area contributed by atoms with Gasteiger partial charge in [-0.2, -0.15) is 5.10 Å². The van der Waals surface area contributed by atoms with Gasteiger partial charge in [-0.15, -0.1) is 0 Å². The number of aromatic nitrogens is 3. The first-order valence-electron chi connectivity index (χ1n) is 8.93. The Kier molecular flexibility index (Phi) is 3.87. The van der Waals surface area contributed by atoms with E-state index in [1.54, 1.807) is 0 Å². The molecule has 1 saturated heterocycles. The molecular weight excluding hydrogens is 346 g/mol. The normalized spacial score (nSPS) is 19.0. The van der Waals surface area contributed by atoms with Gasteiger partial charge in [-0.05, 0) is 37.2 Å². The zero-order valence-corrected chi connectivity index (χ0v) is 15.0. The van der Waals surface area contributed by atoms with Crippen LogP contribution in [0.3, 0.4) is 0 Å². The first-order chi connectivity index (χ1) is 12.8. The van der Waals surface area contributed by atoms with Gasteiger partial charge in [0.25, 0.3) is 0 Å². The molecule has 1 N–H and O–H groups in total. The van der Waals surface area contributed by atoms with Crippen LogP contribution in [0, 0.1) is 4.77 Å². The fourth-order valence-electron chi connectivity index (χ4n) is 3.91. The van der Waals surface area contributed by atoms with Crippen LogP contribution >= 0.6 is 12.2 Å². The van der Waals surface area contributed by atoms with Gasteiger partial charge in [0.05, 0.1) is 18.6 Å². The van der Waals surface area contributed by atoms with E-state index >= 15 is 0 Å². The van der Waals surface area contributed by atoms with Crippen molar-refractivity contribution < 1.29 is 9.47 Å². The minimum absolute atomic E-state index is 0.0227. The Morgan fingerprint density at radius 1 is 1.08 bits per heavy atom. The van der Waals surface area contributed by atoms with Crippen molar-refractivity contribution in [2.24, 2.45) is 0 Å². The van der Waals surface area contributed by atoms with Crippen molar-refractivity contribution in [1.29, 1.82) is 0 Å². The van der Waals surface area contributed by atoms with Crippen LogP contribution in [0.1, 0.15) is 35.7 Å². The summed E-state index contributed by atoms with van der Waals surface area (Å²) in [4.78, 5) is 0. The lowest BCUT2D eigenvalue weighted by molar-refractivity contribution is 0.0958. The summed E-state index contributed by atoms with van der Waals surface area (Å²) in [5.74, 6) is 2.63. The molecule has 2 aliphatic heterocycles. The number of rotatable bonds is 3. The third-order valence-electron chi connectivity index (χ3n) is 5.14. The number of aromatic amines is 1. The highest BCUT2D eigenvalue weighted by Crippen LogP contribution is 2.46. The van der Waals surface area contributed by atoms with Crippen molar-refractivity contribution in [2.75, 3.05) is 6.61 Å². The molecule has 2 aliphatic rings. The van der Waals surface area contributed by atoms with Crippen molar-refractivity contribution >= 4 is 12.2 Å². The van der Waals surface area contributed by atoms with Gasteiger partial charge in [-0.3, -0.25) is 5.10 Å². The van der Waals surface area contributed by atoms with Gasteiger partial charge in [-0.1, -0.05) is 36.4 Å². The molecule has 26 heavy (non-hydrogen) atoms. The summed E-state index contributed by atoms with van der Waals surface area (Å²) in [6.45, 7) is 1.56. The molecule has 1 aromatic heterocycles. The molecule has 0 aliphatic carbocycles. The largest absolute Gasteiger partial charge is 0.457 e. The van der Waals surface area contributed by atoms with E-state index in [2.05, 4.69) is 26.9 Å². The van der Waals surface area contributed by atoms with Crippen LogP contribution in [0.5, 0.6) is 11.5 Å². The number of hydrogen-bond acceptors (Lipinski definition) is 4. The van der Waals surface area contributed by atoms with Crippen LogP contribution < -0.4 is 4.74 Å². The van der Waals surface area contributed by atoms with Gasteiger partial charge in [0, 0.05) is 17.7 Å². The number of ether oxygens (including phenoxy) is 2. The molecule has 0 amide bonds. The summed E-state index contributed by atoms with van der Waals surface area (Å²) >= 11 is 5.53. The molecule has 2 aromatic carbocycles. The van der Waals surface area contributed by atoms with Crippen molar-refractivity contribution in [1.82, 2.24) is 14.8 Å². The number of hydrogen-bond donors (Lipinski definition) is 1. The summed E-state index contributed by atoms with van der Waals surface area (Å²) < 4.78 is 14.7. The van der Waals surface area contributed by atoms with Crippen molar-refractivity contribution in [3.05, 3.63) is 70.3 Å². The second-order valence-corrected chi connectivity index (χ2v) is 7.13. The van der Waals surface area contributed by atoms with Gasteiger partial charge in [0.2, 0.25) is 0 Å². The lowest BCUT2D eigenvalue weighted by Gasteiger charge is -2.28. The fourth-order valence-corrected chi connectivity index (χ4v) is 4.12. The van der Waals surface area contributed by atoms with Crippen molar-refractivity contribution in [3.63, 3.8) is 0 Å². The highest BCUT2D eigenvalue weighted by atomic mass is 32.1. The zero-order valence-electron chi connectivity index (χ0n) is 14.2. The van der Waals surface area contributed by atoms with Crippen LogP contribution in [0.2, 0.25) is 0 Å². The van der Waals surface area contributed by atoms with Crippen molar-refractivity contribution in [2.45, 2.75) is 31.4 Å². The van der Waals surface area contributed by atoms with Gasteiger partial charge in [-0.25, -0.2) is 0 Å². The Morgan fingerprint density at radius 2 is 1.77 bits per heavy atom. The lowest BCUT2D eigenvalue weighted by Crippen LogP contribution is -2.21. The Hall–Kier alpha value is -2.44. The van der Waals surface area contributed by atoms with E-state index in [4.69, 9.17) is 21.7 Å². The Morgan fingerprint density at radius 3 is 2.42 bits per heavy atom. The molecule has 5 nitrogen and oxygen atoms in total. The maximum atomic E-state index is 6.11. The molecule has 5 rings (SSSR count). The van der Waals surface area contributed by atoms with E-state index in [0.29, 0.717) is 4.77 Å². The first kappa shape index (κ1) is 15.8. The van der Waals surface area contributed by atoms with Gasteiger partial charge in [0.1, 0.15) is 17.3 Å². The fraction of sp³-hybridized carbons (Fsp3) is 0.300. The van der Waals surface area contributed by atoms with Crippen molar-refractivity contribution in [3.8, 4) is 11.5 Å². The molecule has 0 saturated carbocycles. The molecule has 1 atom stereocenters. The molecule has 1 fully saturated rings. The van der Waals surface area contributed by atoms with E-state index in [1.165, 1.54) is 0 Å². The van der Waals surface area contributed by atoms with E-state index in [1.807, 2.05) is 36.4 Å². The molecular formula is C20H19N3O2S. The van der Waals surface area contributed by atoms with Gasteiger partial charge < -0.3 is 14.0 Å². The maximum Gasteiger partial charge on any atom is 0.195 e. The van der Waals surface area contributed by atoms with E-state index in [0.717, 1.165) is 54.4 Å². The van der Waals surface area contributed by atoms with E-state index < -0.39 is 0 Å². The standard InChI is InChI=1S/C20H19N3O2S/c26-20-22-21-19(23(20)12-13-6-5-11-24-13)18-14-7-1-3-9-16(14)25-17-10-4-2-8-15(17)18/h1-4,7-10,13,18H,5-6,11-12H2,(H,22,26). The van der Waals surface area contributed by atoms with Gasteiger partial charge >= 0.3 is 0 Å². The summed E-state index contributed by atoms with van der Waals surface area (Å²) in [5, 5.41) is 7.60. The Bertz CT molecular complexity index is 959. The second-order valence-electron chi connectivity index (χ2n) is 6.74. The number of nitrogens with zero attached hydrogens (tertiary/aromatic N) is 2. The van der Waals surface area contributed by atoms with Crippen LogP contribution in [0.15, 0.2) is 48.5 Å². The Balaban J connectivity index is 1.66. The molecule has 1 unspecified atom stereocenters. The van der Waals surface area contributed by atoms with E-state index in [9.17, 15) is 0 Å². The predicted molar refractivity (Wildman–Crippen MR) is 100 cm³/mol. The molecule has 3 heterocycles. The highest BCUT2D eigenvalue weighted by Gasteiger charge is 2.32. The topological polar surface area (TPSA) is 52.1 Å². The summed E-state index contributed by atoms with van der Waals surface area (Å²) in [5.41, 5.74) is 2.21. The predicted octanol–water partition coefficient (Wildman–Crippen LogP) is 4.41. The maximum absolute atomic E-state index is 6.11. The van der Waals surface area contributed by atoms with Crippen LogP contribution in [0.25, 0.3) is 0 Å². The summed E-state index contributed by atoms with van der Waals surface area (Å²) in [7, 11) is 0. The van der Waals surface area contributed by atoms with Crippen LogP contribution in [-0.2, 0) is 11.3 Å². The Labute approximate surface area is 156 Å². The zero-order chi connectivity index (χ0) is 17.5. The molecule has 0 bridgehead atoms. The van der Waals surface area contributed by atoms with Gasteiger partial charge in [0.15, 0.2) is 4.77 Å². The quantitative estimate of drug-likeness (QED) is 0.547. The number of para-hydroxylation sites is 2. The third-order valence-corrected chi connectivity index (χ3v) is 5.45. The smallest absolute Gasteiger partial charge is 0.195 e. The molecule has 6 heteroatoms. The molecule has 132 valence electrons. The number of H-pyrrole nitrogens is 1. The van der Waals surface area contributed by atoms with E-state index in [-0.39, 0.29) is 12.0 Å². The summed E-state index contributed by atoms with van der Waals surface area (Å²) in [6, 6.07) is 16.3. The third kappa shape index (κ3) is 2.57. The highest BCUT2D eigenvalue weighted by molar-refractivity contribution is 7.71.